The van der Waals surface area contributed by atoms with Crippen LogP contribution >= 0.6 is 0 Å². The molecule has 3 heteroatoms. The smallest absolute Gasteiger partial charge is 0.251 e. The Balaban J connectivity index is 2.94. The molecule has 0 spiro atoms. The molecule has 0 unspecified atom stereocenters. The van der Waals surface area contributed by atoms with E-state index >= 15 is 0 Å². The van der Waals surface area contributed by atoms with E-state index in [-0.39, 0.29) is 5.56 Å². The highest BCUT2D eigenvalue weighted by molar-refractivity contribution is 5.86. The fourth-order valence-corrected chi connectivity index (χ4v) is 2.23. The zero-order valence-corrected chi connectivity index (χ0v) is 10.5. The minimum absolute atomic E-state index is 0.0634. The lowest BCUT2D eigenvalue weighted by atomic mass is 9.98. The highest BCUT2D eigenvalue weighted by atomic mass is 16.1. The summed E-state index contributed by atoms with van der Waals surface area (Å²) in [4.78, 5) is 12.0. The van der Waals surface area contributed by atoms with Gasteiger partial charge in [0, 0.05) is 23.7 Å². The monoisotopic (exact) mass is 230 g/mol. The molecule has 0 amide bonds. The van der Waals surface area contributed by atoms with E-state index < -0.39 is 0 Å². The minimum atomic E-state index is 0.0634. The van der Waals surface area contributed by atoms with Gasteiger partial charge in [0.25, 0.3) is 5.56 Å². The molecule has 0 atom stereocenters. The number of anilines is 1. The minimum Gasteiger partial charge on any atom is -0.399 e. The lowest BCUT2D eigenvalue weighted by Gasteiger charge is -2.14. The molecule has 2 rings (SSSR count). The number of benzene rings is 1. The lowest BCUT2D eigenvalue weighted by molar-refractivity contribution is 0.751. The zero-order valence-electron chi connectivity index (χ0n) is 10.5. The summed E-state index contributed by atoms with van der Waals surface area (Å²) in [6, 6.07) is 7.46. The maximum absolute atomic E-state index is 12.0. The SMILES string of the molecule is CCn1c(=O)cc(C(C)C)c2cc(N)ccc21. The van der Waals surface area contributed by atoms with E-state index in [4.69, 9.17) is 5.73 Å². The molecule has 0 aliphatic rings. The van der Waals surface area contributed by atoms with E-state index in [2.05, 4.69) is 13.8 Å². The molecule has 17 heavy (non-hydrogen) atoms. The van der Waals surface area contributed by atoms with Crippen molar-refractivity contribution in [2.75, 3.05) is 5.73 Å². The average molecular weight is 230 g/mol. The molecule has 2 N–H and O–H groups in total. The van der Waals surface area contributed by atoms with Crippen molar-refractivity contribution in [3.8, 4) is 0 Å². The summed E-state index contributed by atoms with van der Waals surface area (Å²) in [6.45, 7) is 6.84. The molecule has 1 heterocycles. The van der Waals surface area contributed by atoms with Gasteiger partial charge in [0.1, 0.15) is 0 Å². The number of hydrogen-bond acceptors (Lipinski definition) is 2. The molecule has 90 valence electrons. The van der Waals surface area contributed by atoms with Gasteiger partial charge in [-0.3, -0.25) is 4.79 Å². The molecule has 1 aromatic heterocycles. The van der Waals surface area contributed by atoms with Crippen LogP contribution in [0.25, 0.3) is 10.9 Å². The zero-order chi connectivity index (χ0) is 12.6. The first-order valence-electron chi connectivity index (χ1n) is 5.97. The summed E-state index contributed by atoms with van der Waals surface area (Å²) < 4.78 is 1.78. The highest BCUT2D eigenvalue weighted by Crippen LogP contribution is 2.25. The van der Waals surface area contributed by atoms with Crippen LogP contribution < -0.4 is 11.3 Å². The quantitative estimate of drug-likeness (QED) is 0.806. The lowest BCUT2D eigenvalue weighted by Crippen LogP contribution is -2.20. The topological polar surface area (TPSA) is 48.0 Å². The van der Waals surface area contributed by atoms with Crippen LogP contribution in [0.2, 0.25) is 0 Å². The third kappa shape index (κ3) is 1.93. The number of aromatic nitrogens is 1. The van der Waals surface area contributed by atoms with Crippen molar-refractivity contribution in [1.29, 1.82) is 0 Å². The second-order valence-electron chi connectivity index (χ2n) is 4.61. The Morgan fingerprint density at radius 1 is 1.29 bits per heavy atom. The fraction of sp³-hybridized carbons (Fsp3) is 0.357. The van der Waals surface area contributed by atoms with Crippen LogP contribution in [0.3, 0.4) is 0 Å². The molecule has 0 bridgehead atoms. The van der Waals surface area contributed by atoms with Gasteiger partial charge in [0.05, 0.1) is 5.52 Å². The molecule has 0 radical (unpaired) electrons. The molecular weight excluding hydrogens is 212 g/mol. The van der Waals surface area contributed by atoms with Crippen LogP contribution in [0.15, 0.2) is 29.1 Å². The summed E-state index contributed by atoms with van der Waals surface area (Å²) in [5.74, 6) is 0.318. The van der Waals surface area contributed by atoms with E-state index in [1.165, 1.54) is 0 Å². The number of hydrogen-bond donors (Lipinski definition) is 1. The number of rotatable bonds is 2. The van der Waals surface area contributed by atoms with Crippen molar-refractivity contribution in [3.05, 3.63) is 40.2 Å². The van der Waals surface area contributed by atoms with Crippen LogP contribution in [0.5, 0.6) is 0 Å². The number of nitrogen functional groups attached to an aromatic ring is 1. The van der Waals surface area contributed by atoms with Crippen molar-refractivity contribution in [2.45, 2.75) is 33.2 Å². The van der Waals surface area contributed by atoms with Gasteiger partial charge in [-0.25, -0.2) is 0 Å². The van der Waals surface area contributed by atoms with E-state index in [1.807, 2.05) is 25.1 Å². The van der Waals surface area contributed by atoms with Gasteiger partial charge in [-0.15, -0.1) is 0 Å². The predicted octanol–water partition coefficient (Wildman–Crippen LogP) is 2.73. The van der Waals surface area contributed by atoms with Crippen molar-refractivity contribution >= 4 is 16.6 Å². The largest absolute Gasteiger partial charge is 0.399 e. The van der Waals surface area contributed by atoms with E-state index in [9.17, 15) is 4.79 Å². The Labute approximate surface area is 101 Å². The van der Waals surface area contributed by atoms with Crippen LogP contribution in [0.1, 0.15) is 32.3 Å². The number of fused-ring (bicyclic) bond motifs is 1. The molecular formula is C14H18N2O. The second kappa shape index (κ2) is 4.24. The molecule has 0 fully saturated rings. The molecule has 0 aliphatic carbocycles. The number of pyridine rings is 1. The Morgan fingerprint density at radius 3 is 2.59 bits per heavy atom. The van der Waals surface area contributed by atoms with Gasteiger partial charge in [-0.2, -0.15) is 0 Å². The van der Waals surface area contributed by atoms with Gasteiger partial charge in [0.15, 0.2) is 0 Å². The first kappa shape index (κ1) is 11.7. The average Bonchev–Trinajstić information content (AvgIpc) is 2.28. The van der Waals surface area contributed by atoms with Crippen LogP contribution in [0, 0.1) is 0 Å². The Hall–Kier alpha value is -1.77. The predicted molar refractivity (Wildman–Crippen MR) is 72.4 cm³/mol. The maximum Gasteiger partial charge on any atom is 0.251 e. The van der Waals surface area contributed by atoms with Crippen molar-refractivity contribution in [2.24, 2.45) is 0 Å². The van der Waals surface area contributed by atoms with Gasteiger partial charge in [0.2, 0.25) is 0 Å². The number of nitrogens with zero attached hydrogens (tertiary/aromatic N) is 1. The fourth-order valence-electron chi connectivity index (χ4n) is 2.23. The third-order valence-electron chi connectivity index (χ3n) is 3.11. The summed E-state index contributed by atoms with van der Waals surface area (Å²) in [6.07, 6.45) is 0. The van der Waals surface area contributed by atoms with Gasteiger partial charge >= 0.3 is 0 Å². The molecule has 1 aromatic carbocycles. The number of aryl methyl sites for hydroxylation is 1. The van der Waals surface area contributed by atoms with Gasteiger partial charge in [-0.1, -0.05) is 13.8 Å². The van der Waals surface area contributed by atoms with Crippen LogP contribution in [-0.2, 0) is 6.54 Å². The standard InChI is InChI=1S/C14H18N2O/c1-4-16-13-6-5-10(15)7-12(13)11(9(2)3)8-14(16)17/h5-9H,4,15H2,1-3H3. The third-order valence-corrected chi connectivity index (χ3v) is 3.11. The Bertz CT molecular complexity index is 611. The van der Waals surface area contributed by atoms with Gasteiger partial charge in [-0.05, 0) is 36.6 Å². The molecule has 2 aromatic rings. The van der Waals surface area contributed by atoms with E-state index in [0.29, 0.717) is 12.5 Å². The van der Waals surface area contributed by atoms with Crippen molar-refractivity contribution in [1.82, 2.24) is 4.57 Å². The first-order valence-corrected chi connectivity index (χ1v) is 5.97. The summed E-state index contributed by atoms with van der Waals surface area (Å²) in [5.41, 5.74) is 8.68. The Morgan fingerprint density at radius 2 is 2.00 bits per heavy atom. The molecule has 3 nitrogen and oxygen atoms in total. The Kier molecular flexibility index (Phi) is 2.92. The molecule has 0 saturated carbocycles. The summed E-state index contributed by atoms with van der Waals surface area (Å²) in [5, 5.41) is 1.08. The van der Waals surface area contributed by atoms with Crippen LogP contribution in [-0.4, -0.2) is 4.57 Å². The molecule has 0 saturated heterocycles. The van der Waals surface area contributed by atoms with Gasteiger partial charge < -0.3 is 10.3 Å². The summed E-state index contributed by atoms with van der Waals surface area (Å²) >= 11 is 0. The molecule has 0 aliphatic heterocycles. The highest BCUT2D eigenvalue weighted by Gasteiger charge is 2.10. The maximum atomic E-state index is 12.0. The second-order valence-corrected chi connectivity index (χ2v) is 4.61. The number of nitrogens with two attached hydrogens (primary N) is 1. The summed E-state index contributed by atoms with van der Waals surface area (Å²) in [7, 11) is 0. The van der Waals surface area contributed by atoms with Crippen molar-refractivity contribution < 1.29 is 0 Å². The van der Waals surface area contributed by atoms with E-state index in [1.54, 1.807) is 10.6 Å². The van der Waals surface area contributed by atoms with Crippen molar-refractivity contribution in [3.63, 3.8) is 0 Å². The van der Waals surface area contributed by atoms with Crippen LogP contribution in [0.4, 0.5) is 5.69 Å². The van der Waals surface area contributed by atoms with E-state index in [0.717, 1.165) is 22.2 Å². The first-order chi connectivity index (χ1) is 8.04. The normalized spacial score (nSPS) is 11.3.